The quantitative estimate of drug-likeness (QED) is 0.285. The van der Waals surface area contributed by atoms with Gasteiger partial charge >= 0.3 is 0 Å². The van der Waals surface area contributed by atoms with Gasteiger partial charge in [0, 0.05) is 73.7 Å². The van der Waals surface area contributed by atoms with Crippen LogP contribution in [0.25, 0.3) is 32.7 Å². The highest BCUT2D eigenvalue weighted by molar-refractivity contribution is 7.91. The van der Waals surface area contributed by atoms with Gasteiger partial charge in [0.2, 0.25) is 0 Å². The Labute approximate surface area is 236 Å². The number of rotatable bonds is 8. The molecule has 206 valence electrons. The highest BCUT2D eigenvalue weighted by Crippen LogP contribution is 2.33. The fourth-order valence-corrected chi connectivity index (χ4v) is 7.81. The number of nitrogens with zero attached hydrogens (tertiary/aromatic N) is 6. The van der Waals surface area contributed by atoms with E-state index in [2.05, 4.69) is 37.2 Å². The second kappa shape index (κ2) is 11.0. The first-order valence-corrected chi connectivity index (χ1v) is 15.3. The molecule has 1 aromatic carbocycles. The molecule has 0 bridgehead atoms. The van der Waals surface area contributed by atoms with E-state index in [0.717, 1.165) is 45.0 Å². The number of hydrogen-bond acceptors (Lipinski definition) is 10. The lowest BCUT2D eigenvalue weighted by Gasteiger charge is -2.35. The van der Waals surface area contributed by atoms with Crippen LogP contribution in [0.4, 0.5) is 5.82 Å². The number of hydrogen-bond donors (Lipinski definition) is 1. The number of nitrogens with one attached hydrogen (secondary N) is 1. The molecule has 0 spiro atoms. The molecule has 0 unspecified atom stereocenters. The third kappa shape index (κ3) is 5.35. The lowest BCUT2D eigenvalue weighted by molar-refractivity contribution is 0.184. The van der Waals surface area contributed by atoms with Crippen molar-refractivity contribution >= 4 is 38.1 Å². The minimum Gasteiger partial charge on any atom is -0.366 e. The zero-order valence-corrected chi connectivity index (χ0v) is 23.8. The Morgan fingerprint density at radius 3 is 2.67 bits per heavy atom. The van der Waals surface area contributed by atoms with Crippen LogP contribution in [0, 0.1) is 6.92 Å². The highest BCUT2D eigenvalue weighted by Gasteiger charge is 2.30. The summed E-state index contributed by atoms with van der Waals surface area (Å²) in [5, 5.41) is 8.39. The molecule has 0 radical (unpaired) electrons. The maximum Gasteiger partial charge on any atom is 0.252 e. The number of fused-ring (bicyclic) bond motifs is 1. The minimum atomic E-state index is -3.57. The van der Waals surface area contributed by atoms with Gasteiger partial charge in [-0.1, -0.05) is 23.4 Å². The van der Waals surface area contributed by atoms with E-state index >= 15 is 0 Å². The van der Waals surface area contributed by atoms with E-state index in [0.29, 0.717) is 36.1 Å². The summed E-state index contributed by atoms with van der Waals surface area (Å²) in [4.78, 5) is 16.4. The van der Waals surface area contributed by atoms with Gasteiger partial charge in [-0.25, -0.2) is 18.4 Å². The van der Waals surface area contributed by atoms with E-state index in [1.54, 1.807) is 35.0 Å². The maximum atomic E-state index is 13.3. The molecule has 1 fully saturated rings. The Bertz CT molecular complexity index is 1730. The van der Waals surface area contributed by atoms with Crippen molar-refractivity contribution in [2.24, 2.45) is 0 Å². The summed E-state index contributed by atoms with van der Waals surface area (Å²) in [5.41, 5.74) is 3.64. The molecular weight excluding hydrogens is 546 g/mol. The molecule has 1 saturated heterocycles. The van der Waals surface area contributed by atoms with Gasteiger partial charge in [-0.05, 0) is 38.1 Å². The number of pyridine rings is 1. The fourth-order valence-electron chi connectivity index (χ4n) is 4.97. The van der Waals surface area contributed by atoms with Crippen LogP contribution in [-0.4, -0.2) is 76.5 Å². The van der Waals surface area contributed by atoms with E-state index in [1.165, 1.54) is 11.3 Å². The number of aromatic nitrogens is 4. The fraction of sp³-hybridized carbons (Fsp3) is 0.286. The molecule has 40 heavy (non-hydrogen) atoms. The lowest BCUT2D eigenvalue weighted by Crippen LogP contribution is -2.50. The monoisotopic (exact) mass is 575 g/mol. The summed E-state index contributed by atoms with van der Waals surface area (Å²) in [6.07, 6.45) is 5.17. The van der Waals surface area contributed by atoms with Gasteiger partial charge in [-0.3, -0.25) is 9.88 Å². The van der Waals surface area contributed by atoms with Gasteiger partial charge < -0.3 is 9.84 Å². The van der Waals surface area contributed by atoms with Crippen molar-refractivity contribution in [3.8, 4) is 21.8 Å². The third-order valence-electron chi connectivity index (χ3n) is 6.93. The lowest BCUT2D eigenvalue weighted by atomic mass is 10.0. The molecule has 1 N–H and O–H groups in total. The SMILES string of the molecule is Cc1cc(-c2ccc(S(=O)(=O)N3CCN(C[C@H](C)Nc4ncnc5c(-c6cccnc6)cccc45)CC3)s2)on1. The van der Waals surface area contributed by atoms with E-state index in [-0.39, 0.29) is 6.04 Å². The second-order valence-corrected chi connectivity index (χ2v) is 13.1. The third-order valence-corrected chi connectivity index (χ3v) is 10.4. The first-order chi connectivity index (χ1) is 19.4. The Morgan fingerprint density at radius 1 is 1.07 bits per heavy atom. The van der Waals surface area contributed by atoms with Gasteiger partial charge in [0.05, 0.1) is 16.1 Å². The molecule has 0 aliphatic carbocycles. The number of sulfonamides is 1. The molecule has 5 heterocycles. The van der Waals surface area contributed by atoms with Crippen LogP contribution in [0.5, 0.6) is 0 Å². The Balaban J connectivity index is 1.09. The molecule has 5 aromatic rings. The molecule has 0 amide bonds. The standard InChI is InChI=1S/C28H29N7O3S2/c1-19-15-24(38-33-19)25-8-9-26(39-25)40(36,37)35-13-11-34(12-14-35)17-20(2)32-28-23-7-3-6-22(27(23)30-18-31-28)21-5-4-10-29-16-21/h3-10,15-16,18,20H,11-14,17H2,1-2H3,(H,30,31,32)/t20-/m0/s1. The molecule has 1 aliphatic heterocycles. The number of para-hydroxylation sites is 1. The predicted octanol–water partition coefficient (Wildman–Crippen LogP) is 4.52. The number of benzene rings is 1. The Hall–Kier alpha value is -3.71. The molecular formula is C28H29N7O3S2. The van der Waals surface area contributed by atoms with Crippen molar-refractivity contribution in [2.75, 3.05) is 38.0 Å². The molecule has 0 saturated carbocycles. The maximum absolute atomic E-state index is 13.3. The van der Waals surface area contributed by atoms with Crippen molar-refractivity contribution in [3.63, 3.8) is 0 Å². The van der Waals surface area contributed by atoms with Gasteiger partial charge in [0.15, 0.2) is 5.76 Å². The first-order valence-electron chi connectivity index (χ1n) is 13.1. The molecule has 10 nitrogen and oxygen atoms in total. The topological polar surface area (TPSA) is 117 Å². The van der Waals surface area contributed by atoms with Crippen LogP contribution in [0.1, 0.15) is 12.6 Å². The Kier molecular flexibility index (Phi) is 7.32. The van der Waals surface area contributed by atoms with Crippen LogP contribution < -0.4 is 5.32 Å². The summed E-state index contributed by atoms with van der Waals surface area (Å²) < 4.78 is 33.8. The molecule has 1 atom stereocenters. The number of anilines is 1. The average Bonchev–Trinajstić information content (AvgIpc) is 3.64. The van der Waals surface area contributed by atoms with Crippen LogP contribution >= 0.6 is 11.3 Å². The summed E-state index contributed by atoms with van der Waals surface area (Å²) in [7, 11) is -3.57. The zero-order chi connectivity index (χ0) is 27.7. The van der Waals surface area contributed by atoms with Crippen molar-refractivity contribution in [2.45, 2.75) is 24.1 Å². The molecule has 6 rings (SSSR count). The summed E-state index contributed by atoms with van der Waals surface area (Å²) in [6.45, 7) is 6.89. The summed E-state index contributed by atoms with van der Waals surface area (Å²) in [5.74, 6) is 1.36. The number of thiophene rings is 1. The summed E-state index contributed by atoms with van der Waals surface area (Å²) in [6, 6.07) is 15.3. The van der Waals surface area contributed by atoms with Gasteiger partial charge in [-0.15, -0.1) is 11.3 Å². The minimum absolute atomic E-state index is 0.0912. The van der Waals surface area contributed by atoms with Gasteiger partial charge in [0.1, 0.15) is 16.4 Å². The van der Waals surface area contributed by atoms with E-state index < -0.39 is 10.0 Å². The first kappa shape index (κ1) is 26.5. The van der Waals surface area contributed by atoms with E-state index in [9.17, 15) is 8.42 Å². The largest absolute Gasteiger partial charge is 0.366 e. The highest BCUT2D eigenvalue weighted by atomic mass is 32.2. The van der Waals surface area contributed by atoms with Crippen molar-refractivity contribution in [3.05, 3.63) is 72.9 Å². The Morgan fingerprint density at radius 2 is 1.93 bits per heavy atom. The van der Waals surface area contributed by atoms with E-state index in [4.69, 9.17) is 4.52 Å². The van der Waals surface area contributed by atoms with Gasteiger partial charge in [0.25, 0.3) is 10.0 Å². The molecule has 1 aliphatic rings. The summed E-state index contributed by atoms with van der Waals surface area (Å²) >= 11 is 1.21. The second-order valence-electron chi connectivity index (χ2n) is 9.87. The predicted molar refractivity (Wildman–Crippen MR) is 156 cm³/mol. The number of aryl methyl sites for hydroxylation is 1. The molecule has 12 heteroatoms. The van der Waals surface area contributed by atoms with Crippen LogP contribution in [-0.2, 0) is 10.0 Å². The van der Waals surface area contributed by atoms with Crippen molar-refractivity contribution in [1.82, 2.24) is 29.3 Å². The smallest absolute Gasteiger partial charge is 0.252 e. The van der Waals surface area contributed by atoms with Crippen LogP contribution in [0.2, 0.25) is 0 Å². The van der Waals surface area contributed by atoms with Crippen molar-refractivity contribution < 1.29 is 12.9 Å². The normalized spacial score (nSPS) is 15.8. The van der Waals surface area contributed by atoms with Crippen LogP contribution in [0.3, 0.4) is 0 Å². The van der Waals surface area contributed by atoms with Crippen LogP contribution in [0.15, 0.2) is 76.0 Å². The van der Waals surface area contributed by atoms with Gasteiger partial charge in [-0.2, -0.15) is 4.31 Å². The molecule has 4 aromatic heterocycles. The number of piperazine rings is 1. The van der Waals surface area contributed by atoms with E-state index in [1.807, 2.05) is 43.5 Å². The zero-order valence-electron chi connectivity index (χ0n) is 22.2. The average molecular weight is 576 g/mol. The van der Waals surface area contributed by atoms with Crippen molar-refractivity contribution in [1.29, 1.82) is 0 Å².